The number of aliphatic hydroxyl groups is 4. The molecule has 0 saturated carbocycles. The molecule has 0 aromatic rings. The van der Waals surface area contributed by atoms with Gasteiger partial charge in [-0.05, 0) is 25.7 Å². The normalized spacial score (nSPS) is 13.9. The van der Waals surface area contributed by atoms with Gasteiger partial charge in [-0.25, -0.2) is 0 Å². The van der Waals surface area contributed by atoms with Gasteiger partial charge in [-0.15, -0.1) is 0 Å². The fourth-order valence-electron chi connectivity index (χ4n) is 7.89. The third kappa shape index (κ3) is 43.8. The highest BCUT2D eigenvalue weighted by atomic mass is 32.2. The van der Waals surface area contributed by atoms with Gasteiger partial charge in [0.25, 0.3) is 0 Å². The third-order valence-electron chi connectivity index (χ3n) is 11.7. The van der Waals surface area contributed by atoms with Crippen molar-refractivity contribution in [3.63, 3.8) is 0 Å². The van der Waals surface area contributed by atoms with Crippen molar-refractivity contribution in [2.45, 2.75) is 245 Å². The zero-order valence-electron chi connectivity index (χ0n) is 40.3. The van der Waals surface area contributed by atoms with Crippen molar-refractivity contribution < 1.29 is 30.0 Å². The second kappa shape index (κ2) is 46.7. The highest BCUT2D eigenvalue weighted by Gasteiger charge is 2.19. The fraction of sp³-hybridized carbons (Fsp3) is 0.960. The van der Waals surface area contributed by atoms with Gasteiger partial charge in [0.15, 0.2) is 10.2 Å². The molecule has 0 spiro atoms. The van der Waals surface area contributed by atoms with E-state index in [0.717, 1.165) is 100 Å². The van der Waals surface area contributed by atoms with Gasteiger partial charge in [0.2, 0.25) is 0 Å². The van der Waals surface area contributed by atoms with Crippen LogP contribution >= 0.6 is 35.3 Å². The monoisotopic (exact) mass is 921 g/mol. The quantitative estimate of drug-likeness (QED) is 0.0437. The fourth-order valence-corrected chi connectivity index (χ4v) is 10.6. The molecule has 0 saturated heterocycles. The van der Waals surface area contributed by atoms with Gasteiger partial charge < -0.3 is 20.4 Å². The predicted molar refractivity (Wildman–Crippen MR) is 270 cm³/mol. The van der Waals surface area contributed by atoms with Crippen LogP contribution in [0, 0.1) is 0 Å². The summed E-state index contributed by atoms with van der Waals surface area (Å²) in [7, 11) is 0. The largest absolute Gasteiger partial charge is 0.392 e. The minimum Gasteiger partial charge on any atom is -0.392 e. The van der Waals surface area contributed by atoms with Crippen molar-refractivity contribution >= 4 is 45.5 Å². The van der Waals surface area contributed by atoms with Crippen LogP contribution in [0.25, 0.3) is 0 Å². The van der Waals surface area contributed by atoms with Crippen LogP contribution in [0.3, 0.4) is 0 Å². The standard InChI is InChI=1S/C50H100N2O6S3/c1-5-9-13-17-21-25-29-45(53)41-51(42-46(54)30-26-22-18-14-10-6-2)35-33-49(57)60-39-37-59-38-40-61-50(58)34-36-52(43-47(55)31-27-23-19-15-11-7-3)44-48(56)32-28-24-20-16-12-8-4/h45-48,53-56H,5-44H2,1-4H3. The Morgan fingerprint density at radius 2 is 0.623 bits per heavy atom. The van der Waals surface area contributed by atoms with Crippen LogP contribution in [0.4, 0.5) is 0 Å². The summed E-state index contributed by atoms with van der Waals surface area (Å²) in [6.45, 7) is 12.0. The van der Waals surface area contributed by atoms with Crippen molar-refractivity contribution in [3.8, 4) is 0 Å². The van der Waals surface area contributed by atoms with Gasteiger partial charge in [0, 0.05) is 75.1 Å². The summed E-state index contributed by atoms with van der Waals surface area (Å²) in [5.74, 6) is 3.17. The third-order valence-corrected chi connectivity index (χ3v) is 15.1. The SMILES string of the molecule is CCCCCCCCC(O)CN(CCC(=O)SCCSCCSC(=O)CCN(CC(O)CCCCCCCC)CC(O)CCCCCCCC)CC(O)CCCCCCCC. The Labute approximate surface area is 390 Å². The average molecular weight is 922 g/mol. The molecule has 0 aromatic heterocycles. The molecule has 0 radical (unpaired) electrons. The maximum absolute atomic E-state index is 12.9. The summed E-state index contributed by atoms with van der Waals surface area (Å²) >= 11 is 4.52. The van der Waals surface area contributed by atoms with Gasteiger partial charge in [-0.1, -0.05) is 205 Å². The summed E-state index contributed by atoms with van der Waals surface area (Å²) in [6, 6.07) is 0. The van der Waals surface area contributed by atoms with Gasteiger partial charge in [-0.3, -0.25) is 19.4 Å². The molecule has 0 bridgehead atoms. The molecule has 4 N–H and O–H groups in total. The minimum atomic E-state index is -0.435. The van der Waals surface area contributed by atoms with Gasteiger partial charge in [0.1, 0.15) is 0 Å². The molecule has 61 heavy (non-hydrogen) atoms. The van der Waals surface area contributed by atoms with Crippen LogP contribution in [0.1, 0.15) is 220 Å². The van der Waals surface area contributed by atoms with Crippen LogP contribution in [-0.2, 0) is 9.59 Å². The molecule has 0 heterocycles. The van der Waals surface area contributed by atoms with E-state index in [1.54, 1.807) is 11.8 Å². The highest BCUT2D eigenvalue weighted by Crippen LogP contribution is 2.18. The number of nitrogens with zero attached hydrogens (tertiary/aromatic N) is 2. The number of carbonyl (C=O) groups excluding carboxylic acids is 2. The molecule has 0 aromatic carbocycles. The summed E-state index contributed by atoms with van der Waals surface area (Å²) in [4.78, 5) is 30.0. The first-order valence-corrected chi connectivity index (χ1v) is 28.8. The van der Waals surface area contributed by atoms with E-state index in [1.165, 1.54) is 126 Å². The zero-order chi connectivity index (χ0) is 45.0. The maximum atomic E-state index is 12.9. The molecule has 4 atom stereocenters. The van der Waals surface area contributed by atoms with E-state index in [1.807, 2.05) is 0 Å². The first-order valence-electron chi connectivity index (χ1n) is 25.7. The Morgan fingerprint density at radius 1 is 0.377 bits per heavy atom. The number of carbonyl (C=O) groups is 2. The van der Waals surface area contributed by atoms with Crippen molar-refractivity contribution in [2.24, 2.45) is 0 Å². The van der Waals surface area contributed by atoms with Crippen molar-refractivity contribution in [3.05, 3.63) is 0 Å². The molecule has 0 amide bonds. The van der Waals surface area contributed by atoms with Crippen molar-refractivity contribution in [2.75, 3.05) is 62.3 Å². The lowest BCUT2D eigenvalue weighted by Crippen LogP contribution is -2.39. The zero-order valence-corrected chi connectivity index (χ0v) is 42.8. The maximum Gasteiger partial charge on any atom is 0.190 e. The number of aliphatic hydroxyl groups excluding tert-OH is 4. The van der Waals surface area contributed by atoms with E-state index in [0.29, 0.717) is 52.1 Å². The van der Waals surface area contributed by atoms with Crippen molar-refractivity contribution in [1.29, 1.82) is 0 Å². The Hall–Kier alpha value is 0.150. The topological polar surface area (TPSA) is 122 Å². The Kier molecular flexibility index (Phi) is 46.8. The summed E-state index contributed by atoms with van der Waals surface area (Å²) in [5.41, 5.74) is 0. The van der Waals surface area contributed by atoms with Gasteiger partial charge in [0.05, 0.1) is 24.4 Å². The lowest BCUT2D eigenvalue weighted by molar-refractivity contribution is -0.112. The Morgan fingerprint density at radius 3 is 0.885 bits per heavy atom. The second-order valence-corrected chi connectivity index (χ2v) is 21.4. The van der Waals surface area contributed by atoms with E-state index in [-0.39, 0.29) is 10.2 Å². The predicted octanol–water partition coefficient (Wildman–Crippen LogP) is 12.1. The van der Waals surface area contributed by atoms with Crippen LogP contribution in [0.2, 0.25) is 0 Å². The van der Waals surface area contributed by atoms with E-state index in [9.17, 15) is 30.0 Å². The molecule has 364 valence electrons. The summed E-state index contributed by atoms with van der Waals surface area (Å²) < 4.78 is 0. The van der Waals surface area contributed by atoms with Crippen LogP contribution in [0.5, 0.6) is 0 Å². The number of thioether (sulfide) groups is 3. The minimum absolute atomic E-state index is 0.157. The molecule has 8 nitrogen and oxygen atoms in total. The van der Waals surface area contributed by atoms with Crippen LogP contribution < -0.4 is 0 Å². The molecule has 0 aliphatic heterocycles. The number of unbranched alkanes of at least 4 members (excludes halogenated alkanes) is 20. The van der Waals surface area contributed by atoms with Gasteiger partial charge in [-0.2, -0.15) is 11.8 Å². The molecule has 4 unspecified atom stereocenters. The molecule has 0 aliphatic carbocycles. The number of hydrogen-bond donors (Lipinski definition) is 4. The first-order chi connectivity index (χ1) is 29.6. The molecular weight excluding hydrogens is 821 g/mol. The lowest BCUT2D eigenvalue weighted by atomic mass is 10.1. The molecular formula is C50H100N2O6S3. The highest BCUT2D eigenvalue weighted by molar-refractivity contribution is 8.15. The lowest BCUT2D eigenvalue weighted by Gasteiger charge is -2.27. The second-order valence-electron chi connectivity index (χ2n) is 17.9. The smallest absolute Gasteiger partial charge is 0.190 e. The van der Waals surface area contributed by atoms with E-state index >= 15 is 0 Å². The average Bonchev–Trinajstić information content (AvgIpc) is 3.23. The number of rotatable bonds is 48. The van der Waals surface area contributed by atoms with Crippen LogP contribution in [0.15, 0.2) is 0 Å². The summed E-state index contributed by atoms with van der Waals surface area (Å²) in [5, 5.41) is 43.7. The first kappa shape index (κ1) is 61.1. The molecule has 0 rings (SSSR count). The van der Waals surface area contributed by atoms with E-state index in [2.05, 4.69) is 37.5 Å². The molecule has 0 aliphatic rings. The van der Waals surface area contributed by atoms with Crippen LogP contribution in [-0.4, -0.2) is 127 Å². The Bertz CT molecular complexity index is 833. The summed E-state index contributed by atoms with van der Waals surface area (Å²) in [6.07, 6.45) is 30.8. The van der Waals surface area contributed by atoms with E-state index in [4.69, 9.17) is 0 Å². The van der Waals surface area contributed by atoms with E-state index < -0.39 is 24.4 Å². The van der Waals surface area contributed by atoms with Crippen molar-refractivity contribution in [1.82, 2.24) is 9.80 Å². The number of hydrogen-bond acceptors (Lipinski definition) is 11. The molecule has 0 fully saturated rings. The Balaban J connectivity index is 4.62. The van der Waals surface area contributed by atoms with Gasteiger partial charge >= 0.3 is 0 Å². The molecule has 11 heteroatoms.